The zero-order valence-electron chi connectivity index (χ0n) is 11.8. The van der Waals surface area contributed by atoms with Crippen LogP contribution in [0.4, 0.5) is 4.39 Å². The SMILES string of the molecule is Cc1cc(C(C)NS(=O)(=O)c2ccc(Br)cc2F)c(C)o1. The molecule has 0 saturated heterocycles. The van der Waals surface area contributed by atoms with Gasteiger partial charge in [-0.2, -0.15) is 0 Å². The van der Waals surface area contributed by atoms with Crippen molar-refractivity contribution in [1.29, 1.82) is 0 Å². The Hall–Kier alpha value is -1.18. The second-order valence-corrected chi connectivity index (χ2v) is 7.38. The van der Waals surface area contributed by atoms with Crippen LogP contribution >= 0.6 is 15.9 Å². The molecule has 2 rings (SSSR count). The van der Waals surface area contributed by atoms with Gasteiger partial charge in [0.15, 0.2) is 0 Å². The van der Waals surface area contributed by atoms with E-state index in [4.69, 9.17) is 4.42 Å². The van der Waals surface area contributed by atoms with Crippen LogP contribution in [0.1, 0.15) is 30.0 Å². The third kappa shape index (κ3) is 3.53. The van der Waals surface area contributed by atoms with E-state index < -0.39 is 21.9 Å². The first-order valence-electron chi connectivity index (χ1n) is 6.25. The summed E-state index contributed by atoms with van der Waals surface area (Å²) in [6.07, 6.45) is 0. The second-order valence-electron chi connectivity index (χ2n) is 4.79. The Balaban J connectivity index is 2.31. The van der Waals surface area contributed by atoms with Crippen LogP contribution < -0.4 is 4.72 Å². The Morgan fingerprint density at radius 2 is 1.95 bits per heavy atom. The molecule has 1 aromatic carbocycles. The molecule has 0 saturated carbocycles. The molecule has 0 bridgehead atoms. The Morgan fingerprint density at radius 1 is 1.29 bits per heavy atom. The average molecular weight is 376 g/mol. The first kappa shape index (κ1) is 16.2. The second kappa shape index (κ2) is 5.90. The minimum atomic E-state index is -3.95. The number of nitrogens with one attached hydrogen (secondary N) is 1. The molecule has 1 heterocycles. The number of furan rings is 1. The van der Waals surface area contributed by atoms with Crippen LogP contribution in [0.2, 0.25) is 0 Å². The van der Waals surface area contributed by atoms with Crippen LogP contribution in [0.3, 0.4) is 0 Å². The molecule has 114 valence electrons. The number of hydrogen-bond donors (Lipinski definition) is 1. The summed E-state index contributed by atoms with van der Waals surface area (Å²) >= 11 is 3.10. The van der Waals surface area contributed by atoms with Gasteiger partial charge in [-0.3, -0.25) is 0 Å². The number of halogens is 2. The van der Waals surface area contributed by atoms with Crippen molar-refractivity contribution in [3.05, 3.63) is 51.6 Å². The molecule has 1 atom stereocenters. The van der Waals surface area contributed by atoms with E-state index in [0.29, 0.717) is 16.0 Å². The van der Waals surface area contributed by atoms with Crippen molar-refractivity contribution in [3.63, 3.8) is 0 Å². The minimum absolute atomic E-state index is 0.379. The van der Waals surface area contributed by atoms with E-state index in [-0.39, 0.29) is 4.90 Å². The van der Waals surface area contributed by atoms with Gasteiger partial charge in [0.05, 0.1) is 0 Å². The van der Waals surface area contributed by atoms with Crippen LogP contribution in [0.5, 0.6) is 0 Å². The van der Waals surface area contributed by atoms with E-state index in [9.17, 15) is 12.8 Å². The van der Waals surface area contributed by atoms with Gasteiger partial charge < -0.3 is 4.42 Å². The summed E-state index contributed by atoms with van der Waals surface area (Å²) in [5, 5.41) is 0. The van der Waals surface area contributed by atoms with Gasteiger partial charge in [-0.15, -0.1) is 0 Å². The van der Waals surface area contributed by atoms with Gasteiger partial charge in [-0.1, -0.05) is 15.9 Å². The van der Waals surface area contributed by atoms with Crippen LogP contribution in [-0.4, -0.2) is 8.42 Å². The van der Waals surface area contributed by atoms with E-state index in [2.05, 4.69) is 20.7 Å². The number of hydrogen-bond acceptors (Lipinski definition) is 3. The quantitative estimate of drug-likeness (QED) is 0.882. The monoisotopic (exact) mass is 375 g/mol. The summed E-state index contributed by atoms with van der Waals surface area (Å²) < 4.78 is 46.7. The molecular formula is C14H15BrFNO3S. The van der Waals surface area contributed by atoms with Crippen molar-refractivity contribution in [2.75, 3.05) is 0 Å². The van der Waals surface area contributed by atoms with Gasteiger partial charge in [0.25, 0.3) is 0 Å². The number of sulfonamides is 1. The number of rotatable bonds is 4. The van der Waals surface area contributed by atoms with Gasteiger partial charge in [0.2, 0.25) is 10.0 Å². The van der Waals surface area contributed by atoms with E-state index in [1.807, 2.05) is 0 Å². The fourth-order valence-electron chi connectivity index (χ4n) is 2.13. The maximum atomic E-state index is 13.8. The topological polar surface area (TPSA) is 59.3 Å². The van der Waals surface area contributed by atoms with E-state index in [1.54, 1.807) is 26.8 Å². The molecule has 1 unspecified atom stereocenters. The molecule has 7 heteroatoms. The van der Waals surface area contributed by atoms with Gasteiger partial charge in [-0.05, 0) is 45.0 Å². The van der Waals surface area contributed by atoms with E-state index in [0.717, 1.165) is 11.6 Å². The Labute approximate surface area is 131 Å². The fraction of sp³-hybridized carbons (Fsp3) is 0.286. The highest BCUT2D eigenvalue weighted by Gasteiger charge is 2.23. The van der Waals surface area contributed by atoms with Crippen LogP contribution in [-0.2, 0) is 10.0 Å². The molecule has 4 nitrogen and oxygen atoms in total. The molecule has 0 amide bonds. The Bertz CT molecular complexity index is 771. The predicted octanol–water partition coefficient (Wildman–Crippen LogP) is 3.84. The lowest BCUT2D eigenvalue weighted by molar-refractivity contribution is 0.496. The normalized spacial score (nSPS) is 13.4. The van der Waals surface area contributed by atoms with Gasteiger partial charge in [0.1, 0.15) is 22.2 Å². The van der Waals surface area contributed by atoms with Crippen LogP contribution in [0, 0.1) is 19.7 Å². The van der Waals surface area contributed by atoms with Crippen molar-refractivity contribution < 1.29 is 17.2 Å². The van der Waals surface area contributed by atoms with E-state index >= 15 is 0 Å². The molecule has 0 radical (unpaired) electrons. The highest BCUT2D eigenvalue weighted by atomic mass is 79.9. The molecule has 0 aliphatic heterocycles. The first-order valence-corrected chi connectivity index (χ1v) is 8.52. The fourth-order valence-corrected chi connectivity index (χ4v) is 3.75. The smallest absolute Gasteiger partial charge is 0.244 e. The summed E-state index contributed by atoms with van der Waals surface area (Å²) in [4.78, 5) is -0.379. The summed E-state index contributed by atoms with van der Waals surface area (Å²) in [5.74, 6) is 0.534. The van der Waals surface area contributed by atoms with Crippen molar-refractivity contribution in [3.8, 4) is 0 Å². The standard InChI is InChI=1S/C14H15BrFNO3S/c1-8-6-12(10(3)20-8)9(2)17-21(18,19)14-5-4-11(15)7-13(14)16/h4-7,9,17H,1-3H3. The van der Waals surface area contributed by atoms with E-state index in [1.165, 1.54) is 12.1 Å². The van der Waals surface area contributed by atoms with Crippen molar-refractivity contribution in [2.24, 2.45) is 0 Å². The molecular weight excluding hydrogens is 361 g/mol. The third-order valence-corrected chi connectivity index (χ3v) is 5.13. The zero-order chi connectivity index (χ0) is 15.8. The Morgan fingerprint density at radius 3 is 2.48 bits per heavy atom. The maximum absolute atomic E-state index is 13.8. The summed E-state index contributed by atoms with van der Waals surface area (Å²) in [7, 11) is -3.95. The summed E-state index contributed by atoms with van der Waals surface area (Å²) in [5.41, 5.74) is 0.730. The van der Waals surface area contributed by atoms with Gasteiger partial charge in [0, 0.05) is 16.1 Å². The van der Waals surface area contributed by atoms with Gasteiger partial charge in [-0.25, -0.2) is 17.5 Å². The molecule has 1 aromatic heterocycles. The lowest BCUT2D eigenvalue weighted by atomic mass is 10.1. The molecule has 21 heavy (non-hydrogen) atoms. The maximum Gasteiger partial charge on any atom is 0.244 e. The van der Waals surface area contributed by atoms with Crippen molar-refractivity contribution in [1.82, 2.24) is 4.72 Å². The first-order chi connectivity index (χ1) is 9.70. The highest BCUT2D eigenvalue weighted by molar-refractivity contribution is 9.10. The molecule has 0 aliphatic carbocycles. The summed E-state index contributed by atoms with van der Waals surface area (Å²) in [6, 6.07) is 5.07. The van der Waals surface area contributed by atoms with Crippen LogP contribution in [0.15, 0.2) is 38.1 Å². The molecule has 2 aromatic rings. The number of aryl methyl sites for hydroxylation is 2. The average Bonchev–Trinajstić information content (AvgIpc) is 2.67. The van der Waals surface area contributed by atoms with Crippen molar-refractivity contribution >= 4 is 26.0 Å². The molecule has 0 spiro atoms. The minimum Gasteiger partial charge on any atom is -0.466 e. The Kier molecular flexibility index (Phi) is 4.55. The van der Waals surface area contributed by atoms with Crippen LogP contribution in [0.25, 0.3) is 0 Å². The lowest BCUT2D eigenvalue weighted by Crippen LogP contribution is -2.27. The lowest BCUT2D eigenvalue weighted by Gasteiger charge is -2.14. The largest absolute Gasteiger partial charge is 0.466 e. The molecule has 0 fully saturated rings. The molecule has 1 N–H and O–H groups in total. The molecule has 0 aliphatic rings. The van der Waals surface area contributed by atoms with Crippen molar-refractivity contribution in [2.45, 2.75) is 31.7 Å². The number of benzene rings is 1. The third-order valence-electron chi connectivity index (χ3n) is 3.06. The highest BCUT2D eigenvalue weighted by Crippen LogP contribution is 2.25. The van der Waals surface area contributed by atoms with Gasteiger partial charge >= 0.3 is 0 Å². The predicted molar refractivity (Wildman–Crippen MR) is 81.0 cm³/mol. The zero-order valence-corrected chi connectivity index (χ0v) is 14.2. The summed E-state index contributed by atoms with van der Waals surface area (Å²) in [6.45, 7) is 5.23.